The molecule has 0 saturated heterocycles. The fraction of sp³-hybridized carbons (Fsp3) is 0.294. The zero-order chi connectivity index (χ0) is 17.4. The van der Waals surface area contributed by atoms with E-state index >= 15 is 0 Å². The molecule has 7 heteroatoms. The lowest BCUT2D eigenvalue weighted by Gasteiger charge is -2.19. The first kappa shape index (κ1) is 16.0. The van der Waals surface area contributed by atoms with E-state index in [9.17, 15) is 14.0 Å². The number of hydrogen-bond donors (Lipinski definition) is 1. The van der Waals surface area contributed by atoms with E-state index in [1.165, 1.54) is 17.0 Å². The second-order valence-electron chi connectivity index (χ2n) is 5.72. The molecule has 24 heavy (non-hydrogen) atoms. The first-order valence-corrected chi connectivity index (χ1v) is 7.38. The molecule has 2 heterocycles. The number of fused-ring (bicyclic) bond motifs is 1. The first-order valence-electron chi connectivity index (χ1n) is 7.38. The van der Waals surface area contributed by atoms with Gasteiger partial charge in [0.2, 0.25) is 0 Å². The van der Waals surface area contributed by atoms with Crippen LogP contribution in [0.15, 0.2) is 28.7 Å². The van der Waals surface area contributed by atoms with Gasteiger partial charge in [0.15, 0.2) is 17.7 Å². The van der Waals surface area contributed by atoms with Crippen LogP contribution in [0.3, 0.4) is 0 Å². The molecule has 1 aliphatic heterocycles. The average molecular weight is 333 g/mol. The number of benzene rings is 1. The monoisotopic (exact) mass is 333 g/mol. The molecule has 3 rings (SSSR count). The summed E-state index contributed by atoms with van der Waals surface area (Å²) in [7, 11) is 1.56. The molecule has 0 bridgehead atoms. The molecule has 126 valence electrons. The number of amides is 1. The van der Waals surface area contributed by atoms with Gasteiger partial charge >= 0.3 is 5.97 Å². The van der Waals surface area contributed by atoms with Crippen molar-refractivity contribution in [2.24, 2.45) is 0 Å². The van der Waals surface area contributed by atoms with Gasteiger partial charge in [0.25, 0.3) is 5.91 Å². The number of carbonyl (C=O) groups is 2. The number of carbonyl (C=O) groups excluding carboxylic acids is 1. The Morgan fingerprint density at radius 1 is 1.42 bits per heavy atom. The number of aryl methyl sites for hydroxylation is 1. The quantitative estimate of drug-likeness (QED) is 0.929. The van der Waals surface area contributed by atoms with Gasteiger partial charge in [-0.15, -0.1) is 0 Å². The highest BCUT2D eigenvalue weighted by molar-refractivity contribution is 5.89. The Morgan fingerprint density at radius 3 is 2.79 bits per heavy atom. The topological polar surface area (TPSA) is 80.0 Å². The zero-order valence-electron chi connectivity index (χ0n) is 13.2. The van der Waals surface area contributed by atoms with Crippen LogP contribution < -0.4 is 4.74 Å². The lowest BCUT2D eigenvalue weighted by atomic mass is 10.1. The van der Waals surface area contributed by atoms with Crippen molar-refractivity contribution in [1.29, 1.82) is 0 Å². The Hall–Kier alpha value is -2.83. The standard InChI is InChI=1S/C17H16FNO5/c1-9-12(17(21)22)7-11(23-9)8-19(2)16(20)14-6-10-4-3-5-13(18)15(10)24-14/h3-5,7,14H,6,8H2,1-2H3,(H,21,22)/t14-/m1/s1. The lowest BCUT2D eigenvalue weighted by Crippen LogP contribution is -2.38. The highest BCUT2D eigenvalue weighted by atomic mass is 19.1. The normalized spacial score (nSPS) is 15.7. The van der Waals surface area contributed by atoms with Gasteiger partial charge in [0.05, 0.1) is 6.54 Å². The largest absolute Gasteiger partial charge is 0.478 e. The van der Waals surface area contributed by atoms with Crippen LogP contribution in [0, 0.1) is 12.7 Å². The van der Waals surface area contributed by atoms with Crippen LogP contribution in [0.2, 0.25) is 0 Å². The third kappa shape index (κ3) is 2.84. The van der Waals surface area contributed by atoms with Gasteiger partial charge in [-0.05, 0) is 19.1 Å². The second kappa shape index (κ2) is 5.99. The lowest BCUT2D eigenvalue weighted by molar-refractivity contribution is -0.137. The van der Waals surface area contributed by atoms with Gasteiger partial charge in [-0.3, -0.25) is 4.79 Å². The molecule has 0 aliphatic carbocycles. The van der Waals surface area contributed by atoms with E-state index in [1.807, 2.05) is 0 Å². The number of para-hydroxylation sites is 1. The molecule has 6 nitrogen and oxygen atoms in total. The van der Waals surface area contributed by atoms with Gasteiger partial charge in [-0.2, -0.15) is 0 Å². The molecule has 1 aromatic heterocycles. The fourth-order valence-corrected chi connectivity index (χ4v) is 2.76. The number of likely N-dealkylation sites (N-methyl/N-ethyl adjacent to an activating group) is 1. The van der Waals surface area contributed by atoms with Crippen molar-refractivity contribution in [3.8, 4) is 5.75 Å². The molecule has 0 spiro atoms. The zero-order valence-corrected chi connectivity index (χ0v) is 13.2. The second-order valence-corrected chi connectivity index (χ2v) is 5.72. The molecule has 0 unspecified atom stereocenters. The van der Waals surface area contributed by atoms with Crippen molar-refractivity contribution in [2.45, 2.75) is 26.0 Å². The Bertz CT molecular complexity index is 813. The number of ether oxygens (including phenoxy) is 1. The van der Waals surface area contributed by atoms with Crippen molar-refractivity contribution in [2.75, 3.05) is 7.05 Å². The number of carboxylic acids is 1. The number of nitrogens with zero attached hydrogens (tertiary/aromatic N) is 1. The van der Waals surface area contributed by atoms with E-state index in [0.717, 1.165) is 0 Å². The smallest absolute Gasteiger partial charge is 0.339 e. The maximum absolute atomic E-state index is 13.7. The van der Waals surface area contributed by atoms with Crippen LogP contribution in [0.4, 0.5) is 4.39 Å². The van der Waals surface area contributed by atoms with Gasteiger partial charge in [0, 0.05) is 19.0 Å². The Balaban J connectivity index is 1.69. The average Bonchev–Trinajstić information content (AvgIpc) is 3.11. The third-order valence-corrected chi connectivity index (χ3v) is 3.96. The highest BCUT2D eigenvalue weighted by Gasteiger charge is 2.33. The summed E-state index contributed by atoms with van der Waals surface area (Å²) < 4.78 is 24.5. The number of aromatic carboxylic acids is 1. The van der Waals surface area contributed by atoms with Crippen molar-refractivity contribution in [3.05, 3.63) is 52.7 Å². The van der Waals surface area contributed by atoms with E-state index in [0.29, 0.717) is 17.7 Å². The molecule has 0 fully saturated rings. The van der Waals surface area contributed by atoms with Crippen LogP contribution in [0.1, 0.15) is 27.4 Å². The number of furan rings is 1. The molecular formula is C17H16FNO5. The molecule has 0 radical (unpaired) electrons. The minimum atomic E-state index is -1.08. The fourth-order valence-electron chi connectivity index (χ4n) is 2.76. The van der Waals surface area contributed by atoms with Crippen molar-refractivity contribution in [1.82, 2.24) is 4.90 Å². The van der Waals surface area contributed by atoms with Crippen LogP contribution in [-0.4, -0.2) is 35.0 Å². The molecule has 1 amide bonds. The molecule has 2 aromatic rings. The maximum Gasteiger partial charge on any atom is 0.339 e. The van der Waals surface area contributed by atoms with E-state index in [1.54, 1.807) is 26.1 Å². The highest BCUT2D eigenvalue weighted by Crippen LogP contribution is 2.32. The summed E-state index contributed by atoms with van der Waals surface area (Å²) in [4.78, 5) is 24.9. The summed E-state index contributed by atoms with van der Waals surface area (Å²) in [6.45, 7) is 1.65. The number of hydrogen-bond acceptors (Lipinski definition) is 4. The van der Waals surface area contributed by atoms with Gasteiger partial charge in [-0.1, -0.05) is 12.1 Å². The SMILES string of the molecule is Cc1oc(CN(C)C(=O)[C@H]2Cc3cccc(F)c3O2)cc1C(=O)O. The van der Waals surface area contributed by atoms with Crippen molar-refractivity contribution >= 4 is 11.9 Å². The summed E-state index contributed by atoms with van der Waals surface area (Å²) in [5.41, 5.74) is 0.723. The summed E-state index contributed by atoms with van der Waals surface area (Å²) >= 11 is 0. The van der Waals surface area contributed by atoms with E-state index in [4.69, 9.17) is 14.3 Å². The van der Waals surface area contributed by atoms with Gasteiger partial charge in [0.1, 0.15) is 17.1 Å². The van der Waals surface area contributed by atoms with Crippen molar-refractivity contribution in [3.63, 3.8) is 0 Å². The maximum atomic E-state index is 13.7. The Kier molecular flexibility index (Phi) is 4.01. The minimum absolute atomic E-state index is 0.0671. The molecular weight excluding hydrogens is 317 g/mol. The number of carboxylic acid groups (broad SMARTS) is 1. The molecule has 1 aliphatic rings. The van der Waals surface area contributed by atoms with Crippen LogP contribution in [-0.2, 0) is 17.8 Å². The molecule has 1 atom stereocenters. The van der Waals surface area contributed by atoms with E-state index in [2.05, 4.69) is 0 Å². The Morgan fingerprint density at radius 2 is 2.17 bits per heavy atom. The molecule has 1 aromatic carbocycles. The summed E-state index contributed by atoms with van der Waals surface area (Å²) in [5.74, 6) is -1.13. The van der Waals surface area contributed by atoms with Gasteiger partial charge in [-0.25, -0.2) is 9.18 Å². The van der Waals surface area contributed by atoms with E-state index < -0.39 is 17.9 Å². The predicted octanol–water partition coefficient (Wildman–Crippen LogP) is 2.39. The van der Waals surface area contributed by atoms with Crippen LogP contribution in [0.25, 0.3) is 0 Å². The minimum Gasteiger partial charge on any atom is -0.478 e. The summed E-state index contributed by atoms with van der Waals surface area (Å²) in [5, 5.41) is 9.02. The predicted molar refractivity (Wildman–Crippen MR) is 81.4 cm³/mol. The van der Waals surface area contributed by atoms with Crippen LogP contribution >= 0.6 is 0 Å². The molecule has 0 saturated carbocycles. The summed E-state index contributed by atoms with van der Waals surface area (Å²) in [6.07, 6.45) is -0.495. The van der Waals surface area contributed by atoms with Gasteiger partial charge < -0.3 is 19.2 Å². The summed E-state index contributed by atoms with van der Waals surface area (Å²) in [6, 6.07) is 5.98. The number of halogens is 1. The Labute approximate surface area is 137 Å². The first-order chi connectivity index (χ1) is 11.4. The molecule has 1 N–H and O–H groups in total. The third-order valence-electron chi connectivity index (χ3n) is 3.96. The van der Waals surface area contributed by atoms with Crippen LogP contribution in [0.5, 0.6) is 5.75 Å². The van der Waals surface area contributed by atoms with Crippen molar-refractivity contribution < 1.29 is 28.2 Å². The number of rotatable bonds is 4. The van der Waals surface area contributed by atoms with E-state index in [-0.39, 0.29) is 29.5 Å².